The molecule has 1 heterocycles. The van der Waals surface area contributed by atoms with Gasteiger partial charge in [-0.3, -0.25) is 4.79 Å². The van der Waals surface area contributed by atoms with E-state index in [9.17, 15) is 13.2 Å². The van der Waals surface area contributed by atoms with Crippen LogP contribution in [0, 0.1) is 0 Å². The van der Waals surface area contributed by atoms with Crippen molar-refractivity contribution in [3.05, 3.63) is 17.0 Å². The summed E-state index contributed by atoms with van der Waals surface area (Å²) in [5, 5.41) is 8.67. The Bertz CT molecular complexity index is 552. The average Bonchev–Trinajstić information content (AvgIpc) is 2.76. The van der Waals surface area contributed by atoms with Gasteiger partial charge in [0.25, 0.3) is 0 Å². The second kappa shape index (κ2) is 7.16. The van der Waals surface area contributed by atoms with Crippen LogP contribution < -0.4 is 4.72 Å². The van der Waals surface area contributed by atoms with Crippen molar-refractivity contribution in [1.82, 2.24) is 9.62 Å². The van der Waals surface area contributed by atoms with E-state index in [-0.39, 0.29) is 10.6 Å². The van der Waals surface area contributed by atoms with Gasteiger partial charge in [-0.15, -0.1) is 11.3 Å². The molecule has 0 amide bonds. The Morgan fingerprint density at radius 2 is 2.10 bits per heavy atom. The zero-order valence-corrected chi connectivity index (χ0v) is 13.4. The summed E-state index contributed by atoms with van der Waals surface area (Å²) in [6, 6.07) is 3.33. The first-order valence-corrected chi connectivity index (χ1v) is 8.52. The highest BCUT2D eigenvalue weighted by atomic mass is 32.2. The zero-order chi connectivity index (χ0) is 15.3. The molecule has 1 aromatic heterocycles. The van der Waals surface area contributed by atoms with Crippen molar-refractivity contribution >= 4 is 27.3 Å². The van der Waals surface area contributed by atoms with Gasteiger partial charge >= 0.3 is 5.97 Å². The molecule has 0 saturated carbocycles. The second-order valence-electron chi connectivity index (χ2n) is 4.76. The average molecular weight is 320 g/mol. The fraction of sp³-hybridized carbons (Fsp3) is 0.583. The van der Waals surface area contributed by atoms with E-state index < -0.39 is 16.0 Å². The minimum absolute atomic E-state index is 0.154. The molecule has 0 radical (unpaired) electrons. The quantitative estimate of drug-likeness (QED) is 0.746. The lowest BCUT2D eigenvalue weighted by molar-refractivity contribution is -0.136. The van der Waals surface area contributed by atoms with Crippen LogP contribution in [0.25, 0.3) is 0 Å². The maximum absolute atomic E-state index is 12.0. The van der Waals surface area contributed by atoms with Gasteiger partial charge in [-0.1, -0.05) is 0 Å². The first-order chi connectivity index (χ1) is 9.22. The molecule has 20 heavy (non-hydrogen) atoms. The van der Waals surface area contributed by atoms with E-state index in [1.54, 1.807) is 0 Å². The van der Waals surface area contributed by atoms with Crippen LogP contribution in [0.4, 0.5) is 0 Å². The fourth-order valence-corrected chi connectivity index (χ4v) is 3.84. The second-order valence-corrected chi connectivity index (χ2v) is 7.93. The molecule has 0 bridgehead atoms. The molecule has 0 spiro atoms. The lowest BCUT2D eigenvalue weighted by atomic mass is 10.3. The molecular formula is C12H20N2O4S2. The smallest absolute Gasteiger partial charge is 0.308 e. The van der Waals surface area contributed by atoms with E-state index in [1.807, 2.05) is 25.8 Å². The highest BCUT2D eigenvalue weighted by Crippen LogP contribution is 2.21. The molecule has 114 valence electrons. The van der Waals surface area contributed by atoms with Crippen LogP contribution in [-0.2, 0) is 21.2 Å². The van der Waals surface area contributed by atoms with Crippen LogP contribution in [0.3, 0.4) is 0 Å². The Hall–Kier alpha value is -0.960. The van der Waals surface area contributed by atoms with Crippen molar-refractivity contribution in [3.8, 4) is 0 Å². The standard InChI is InChI=1S/C12H20N2O4S2/c1-9(2)14(3)7-6-13-20(17,18)12-5-4-10(19-12)8-11(15)16/h4-5,9,13H,6-8H2,1-3H3,(H,15,16). The van der Waals surface area contributed by atoms with Crippen LogP contribution >= 0.6 is 11.3 Å². The molecular weight excluding hydrogens is 300 g/mol. The number of nitrogens with one attached hydrogen (secondary N) is 1. The summed E-state index contributed by atoms with van der Waals surface area (Å²) < 4.78 is 26.7. The maximum atomic E-state index is 12.0. The van der Waals surface area contributed by atoms with Crippen molar-refractivity contribution in [2.24, 2.45) is 0 Å². The summed E-state index contributed by atoms with van der Waals surface area (Å²) in [7, 11) is -1.62. The number of nitrogens with zero attached hydrogens (tertiary/aromatic N) is 1. The number of hydrogen-bond donors (Lipinski definition) is 2. The molecule has 2 N–H and O–H groups in total. The van der Waals surface area contributed by atoms with E-state index in [1.165, 1.54) is 12.1 Å². The molecule has 0 atom stereocenters. The molecule has 1 aromatic rings. The number of hydrogen-bond acceptors (Lipinski definition) is 5. The fourth-order valence-electron chi connectivity index (χ4n) is 1.43. The topological polar surface area (TPSA) is 86.7 Å². The Balaban J connectivity index is 2.60. The molecule has 0 aliphatic rings. The van der Waals surface area contributed by atoms with Gasteiger partial charge in [0.15, 0.2) is 0 Å². The maximum Gasteiger partial charge on any atom is 0.308 e. The molecule has 0 unspecified atom stereocenters. The Kier molecular flexibility index (Phi) is 6.12. The predicted molar refractivity (Wildman–Crippen MR) is 78.6 cm³/mol. The molecule has 0 saturated heterocycles. The first-order valence-electron chi connectivity index (χ1n) is 6.23. The van der Waals surface area contributed by atoms with E-state index in [2.05, 4.69) is 4.72 Å². The van der Waals surface area contributed by atoms with Gasteiger partial charge < -0.3 is 10.0 Å². The minimum atomic E-state index is -3.55. The van der Waals surface area contributed by atoms with Gasteiger partial charge in [0, 0.05) is 24.0 Å². The van der Waals surface area contributed by atoms with E-state index in [4.69, 9.17) is 5.11 Å². The molecule has 0 aliphatic carbocycles. The highest BCUT2D eigenvalue weighted by molar-refractivity contribution is 7.91. The Morgan fingerprint density at radius 1 is 1.45 bits per heavy atom. The van der Waals surface area contributed by atoms with E-state index in [0.29, 0.717) is 24.0 Å². The Morgan fingerprint density at radius 3 is 2.65 bits per heavy atom. The molecule has 6 nitrogen and oxygen atoms in total. The number of aliphatic carboxylic acids is 1. The number of carbonyl (C=O) groups is 1. The minimum Gasteiger partial charge on any atom is -0.481 e. The summed E-state index contributed by atoms with van der Waals surface area (Å²) in [5.41, 5.74) is 0. The van der Waals surface area contributed by atoms with E-state index in [0.717, 1.165) is 11.3 Å². The van der Waals surface area contributed by atoms with Gasteiger partial charge in [-0.2, -0.15) is 0 Å². The third kappa shape index (κ3) is 5.20. The van der Waals surface area contributed by atoms with Gasteiger partial charge in [-0.05, 0) is 33.0 Å². The summed E-state index contributed by atoms with van der Waals surface area (Å²) in [4.78, 5) is 13.1. The lowest BCUT2D eigenvalue weighted by Gasteiger charge is -2.20. The first kappa shape index (κ1) is 17.1. The molecule has 8 heteroatoms. The highest BCUT2D eigenvalue weighted by Gasteiger charge is 2.17. The van der Waals surface area contributed by atoms with Gasteiger partial charge in [0.2, 0.25) is 10.0 Å². The summed E-state index contributed by atoms with van der Waals surface area (Å²) in [6.07, 6.45) is -0.156. The SMILES string of the molecule is CC(C)N(C)CCNS(=O)(=O)c1ccc(CC(=O)O)s1. The van der Waals surface area contributed by atoms with Crippen molar-refractivity contribution < 1.29 is 18.3 Å². The van der Waals surface area contributed by atoms with Crippen molar-refractivity contribution in [3.63, 3.8) is 0 Å². The number of carboxylic acids is 1. The summed E-state index contributed by atoms with van der Waals surface area (Å²) in [5.74, 6) is -0.970. The van der Waals surface area contributed by atoms with Gasteiger partial charge in [0.1, 0.15) is 4.21 Å². The monoisotopic (exact) mass is 320 g/mol. The van der Waals surface area contributed by atoms with Gasteiger partial charge in [-0.25, -0.2) is 13.1 Å². The largest absolute Gasteiger partial charge is 0.481 e. The zero-order valence-electron chi connectivity index (χ0n) is 11.8. The number of sulfonamides is 1. The third-order valence-corrected chi connectivity index (χ3v) is 5.90. The van der Waals surface area contributed by atoms with Crippen molar-refractivity contribution in [2.45, 2.75) is 30.5 Å². The van der Waals surface area contributed by atoms with Crippen LogP contribution in [0.15, 0.2) is 16.3 Å². The van der Waals surface area contributed by atoms with E-state index >= 15 is 0 Å². The van der Waals surface area contributed by atoms with Crippen molar-refractivity contribution in [2.75, 3.05) is 20.1 Å². The van der Waals surface area contributed by atoms with Crippen LogP contribution in [-0.4, -0.2) is 50.6 Å². The number of likely N-dealkylation sites (N-methyl/N-ethyl adjacent to an activating group) is 1. The molecule has 0 aromatic carbocycles. The number of thiophene rings is 1. The Labute approximate surface area is 123 Å². The lowest BCUT2D eigenvalue weighted by Crippen LogP contribution is -2.35. The van der Waals surface area contributed by atoms with Crippen molar-refractivity contribution in [1.29, 1.82) is 0 Å². The van der Waals surface area contributed by atoms with Crippen LogP contribution in [0.2, 0.25) is 0 Å². The third-order valence-electron chi connectivity index (χ3n) is 2.87. The number of carboxylic acid groups (broad SMARTS) is 1. The molecule has 0 fully saturated rings. The number of rotatable bonds is 8. The molecule has 1 rings (SSSR count). The predicted octanol–water partition coefficient (Wildman–Crippen LogP) is 0.994. The van der Waals surface area contributed by atoms with Crippen LogP contribution in [0.5, 0.6) is 0 Å². The molecule has 0 aliphatic heterocycles. The summed E-state index contributed by atoms with van der Waals surface area (Å²) >= 11 is 0.988. The summed E-state index contributed by atoms with van der Waals surface area (Å²) in [6.45, 7) is 5.01. The normalized spacial score (nSPS) is 12.2. The van der Waals surface area contributed by atoms with Gasteiger partial charge in [0.05, 0.1) is 6.42 Å². The van der Waals surface area contributed by atoms with Crippen LogP contribution in [0.1, 0.15) is 18.7 Å².